The van der Waals surface area contributed by atoms with Gasteiger partial charge in [-0.25, -0.2) is 4.68 Å². The predicted molar refractivity (Wildman–Crippen MR) is 107 cm³/mol. The first-order valence-corrected chi connectivity index (χ1v) is 9.40. The molecule has 2 heterocycles. The van der Waals surface area contributed by atoms with Gasteiger partial charge in [0.15, 0.2) is 0 Å². The van der Waals surface area contributed by atoms with Crippen molar-refractivity contribution in [3.8, 4) is 5.69 Å². The quantitative estimate of drug-likeness (QED) is 0.656. The van der Waals surface area contributed by atoms with E-state index >= 15 is 0 Å². The molecule has 1 N–H and O–H groups in total. The van der Waals surface area contributed by atoms with Crippen LogP contribution in [0.2, 0.25) is 0 Å². The Morgan fingerprint density at radius 1 is 1.00 bits per heavy atom. The van der Waals surface area contributed by atoms with Crippen molar-refractivity contribution in [3.63, 3.8) is 0 Å². The van der Waals surface area contributed by atoms with Crippen LogP contribution in [0.4, 0.5) is 0 Å². The average Bonchev–Trinajstić information content (AvgIpc) is 3.32. The van der Waals surface area contributed by atoms with E-state index in [1.807, 2.05) is 36.5 Å². The topological polar surface area (TPSA) is 84.3 Å². The Hall–Kier alpha value is -3.74. The Bertz CT molecular complexity index is 1040. The Kier molecular flexibility index (Phi) is 4.95. The third-order valence-electron chi connectivity index (χ3n) is 4.96. The third kappa shape index (κ3) is 3.54. The van der Waals surface area contributed by atoms with Crippen molar-refractivity contribution in [2.45, 2.75) is 19.4 Å². The van der Waals surface area contributed by atoms with E-state index in [9.17, 15) is 14.4 Å². The maximum absolute atomic E-state index is 12.5. The molecule has 3 amide bonds. The summed E-state index contributed by atoms with van der Waals surface area (Å²) >= 11 is 0. The van der Waals surface area contributed by atoms with Gasteiger partial charge in [0.05, 0.1) is 23.0 Å². The lowest BCUT2D eigenvalue weighted by Crippen LogP contribution is -2.48. The van der Waals surface area contributed by atoms with E-state index in [0.29, 0.717) is 24.1 Å². The van der Waals surface area contributed by atoms with E-state index in [1.165, 1.54) is 0 Å². The molecule has 0 saturated heterocycles. The van der Waals surface area contributed by atoms with Crippen LogP contribution >= 0.6 is 0 Å². The number of hydrogen-bond acceptors (Lipinski definition) is 4. The van der Waals surface area contributed by atoms with Gasteiger partial charge in [0.25, 0.3) is 11.8 Å². The number of hydrogen-bond donors (Lipinski definition) is 1. The van der Waals surface area contributed by atoms with Crippen LogP contribution in [0.1, 0.15) is 33.2 Å². The molecule has 0 bridgehead atoms. The number of imide groups is 1. The molecule has 1 aromatic heterocycles. The molecule has 1 unspecified atom stereocenters. The smallest absolute Gasteiger partial charge is 0.262 e. The van der Waals surface area contributed by atoms with Crippen LogP contribution in [0.15, 0.2) is 67.0 Å². The fraction of sp³-hybridized carbons (Fsp3) is 0.182. The molecular weight excluding hydrogens is 368 g/mol. The van der Waals surface area contributed by atoms with Gasteiger partial charge in [-0.2, -0.15) is 5.10 Å². The van der Waals surface area contributed by atoms with Crippen molar-refractivity contribution in [2.75, 3.05) is 6.54 Å². The number of para-hydroxylation sites is 1. The lowest BCUT2D eigenvalue weighted by Gasteiger charge is -2.21. The number of amides is 3. The van der Waals surface area contributed by atoms with E-state index in [1.54, 1.807) is 42.1 Å². The van der Waals surface area contributed by atoms with E-state index in [4.69, 9.17) is 0 Å². The lowest BCUT2D eigenvalue weighted by molar-refractivity contribution is -0.124. The fourth-order valence-electron chi connectivity index (χ4n) is 3.37. The number of rotatable bonds is 6. The second-order valence-electron chi connectivity index (χ2n) is 6.87. The maximum Gasteiger partial charge on any atom is 0.262 e. The van der Waals surface area contributed by atoms with Crippen molar-refractivity contribution < 1.29 is 14.4 Å². The summed E-state index contributed by atoms with van der Waals surface area (Å²) < 4.78 is 1.78. The van der Waals surface area contributed by atoms with Crippen LogP contribution in [-0.2, 0) is 11.2 Å². The number of fused-ring (bicyclic) bond motifs is 1. The van der Waals surface area contributed by atoms with Gasteiger partial charge < -0.3 is 5.32 Å². The Morgan fingerprint density at radius 3 is 2.28 bits per heavy atom. The lowest BCUT2D eigenvalue weighted by atomic mass is 10.1. The summed E-state index contributed by atoms with van der Waals surface area (Å²) in [5, 5.41) is 7.13. The summed E-state index contributed by atoms with van der Waals surface area (Å²) in [6.45, 7) is 1.94. The number of carbonyl (C=O) groups is 3. The molecule has 146 valence electrons. The molecule has 0 radical (unpaired) electrons. The summed E-state index contributed by atoms with van der Waals surface area (Å²) in [7, 11) is 0. The Labute approximate surface area is 167 Å². The van der Waals surface area contributed by atoms with Crippen molar-refractivity contribution in [1.82, 2.24) is 20.0 Å². The van der Waals surface area contributed by atoms with E-state index in [2.05, 4.69) is 10.4 Å². The molecule has 7 nitrogen and oxygen atoms in total. The number of benzene rings is 2. The maximum atomic E-state index is 12.5. The molecule has 0 fully saturated rings. The SMILES string of the molecule is CC(C(=O)NCCc1cnn(-c2ccccc2)c1)N1C(=O)c2ccccc2C1=O. The molecule has 1 aliphatic heterocycles. The number of nitrogens with one attached hydrogen (secondary N) is 1. The zero-order chi connectivity index (χ0) is 20.4. The summed E-state index contributed by atoms with van der Waals surface area (Å²) in [6.07, 6.45) is 4.26. The second kappa shape index (κ2) is 7.71. The Balaban J connectivity index is 1.34. The predicted octanol–water partition coefficient (Wildman–Crippen LogP) is 2.22. The summed E-state index contributed by atoms with van der Waals surface area (Å²) in [6, 6.07) is 15.5. The molecule has 2 aromatic carbocycles. The molecule has 0 aliphatic carbocycles. The molecule has 4 rings (SSSR count). The van der Waals surface area contributed by atoms with Crippen molar-refractivity contribution in [1.29, 1.82) is 0 Å². The van der Waals surface area contributed by atoms with Crippen molar-refractivity contribution in [2.24, 2.45) is 0 Å². The van der Waals surface area contributed by atoms with E-state index in [0.717, 1.165) is 16.2 Å². The highest BCUT2D eigenvalue weighted by Gasteiger charge is 2.40. The minimum absolute atomic E-state index is 0.338. The molecule has 0 spiro atoms. The molecule has 1 atom stereocenters. The summed E-state index contributed by atoms with van der Waals surface area (Å²) in [4.78, 5) is 38.5. The van der Waals surface area contributed by atoms with Crippen LogP contribution in [0, 0.1) is 0 Å². The van der Waals surface area contributed by atoms with Gasteiger partial charge >= 0.3 is 0 Å². The van der Waals surface area contributed by atoms with Gasteiger partial charge in [-0.15, -0.1) is 0 Å². The zero-order valence-electron chi connectivity index (χ0n) is 15.9. The molecule has 7 heteroatoms. The highest BCUT2D eigenvalue weighted by atomic mass is 16.2. The van der Waals surface area contributed by atoms with E-state index in [-0.39, 0.29) is 5.91 Å². The standard InChI is InChI=1S/C22H20N4O3/c1-15(26-21(28)18-9-5-6-10-19(18)22(26)29)20(27)23-12-11-16-13-24-25(14-16)17-7-3-2-4-8-17/h2-10,13-15H,11-12H2,1H3,(H,23,27). The first-order valence-electron chi connectivity index (χ1n) is 9.40. The average molecular weight is 388 g/mol. The minimum Gasteiger partial charge on any atom is -0.354 e. The minimum atomic E-state index is -0.880. The summed E-state index contributed by atoms with van der Waals surface area (Å²) in [5.41, 5.74) is 2.61. The van der Waals surface area contributed by atoms with Crippen LogP contribution in [0.3, 0.4) is 0 Å². The third-order valence-corrected chi connectivity index (χ3v) is 4.96. The largest absolute Gasteiger partial charge is 0.354 e. The van der Waals surface area contributed by atoms with Gasteiger partial charge in [-0.05, 0) is 43.2 Å². The van der Waals surface area contributed by atoms with Gasteiger partial charge in [0.2, 0.25) is 5.91 Å². The highest BCUT2D eigenvalue weighted by Crippen LogP contribution is 2.24. The van der Waals surface area contributed by atoms with Crippen LogP contribution in [0.5, 0.6) is 0 Å². The van der Waals surface area contributed by atoms with Gasteiger partial charge in [-0.1, -0.05) is 30.3 Å². The fourth-order valence-corrected chi connectivity index (χ4v) is 3.37. The normalized spacial score (nSPS) is 14.0. The van der Waals surface area contributed by atoms with Crippen molar-refractivity contribution >= 4 is 17.7 Å². The van der Waals surface area contributed by atoms with Gasteiger partial charge in [0, 0.05) is 12.7 Å². The van der Waals surface area contributed by atoms with Gasteiger partial charge in [-0.3, -0.25) is 19.3 Å². The first-order chi connectivity index (χ1) is 14.1. The van der Waals surface area contributed by atoms with E-state index < -0.39 is 17.9 Å². The monoisotopic (exact) mass is 388 g/mol. The molecular formula is C22H20N4O3. The second-order valence-corrected chi connectivity index (χ2v) is 6.87. The van der Waals surface area contributed by atoms with Crippen LogP contribution < -0.4 is 5.32 Å². The molecule has 0 saturated carbocycles. The molecule has 29 heavy (non-hydrogen) atoms. The zero-order valence-corrected chi connectivity index (χ0v) is 15.9. The molecule has 3 aromatic rings. The number of aromatic nitrogens is 2. The van der Waals surface area contributed by atoms with Crippen LogP contribution in [0.25, 0.3) is 5.69 Å². The molecule has 1 aliphatic rings. The van der Waals surface area contributed by atoms with Crippen molar-refractivity contribution in [3.05, 3.63) is 83.7 Å². The van der Waals surface area contributed by atoms with Gasteiger partial charge in [0.1, 0.15) is 6.04 Å². The Morgan fingerprint density at radius 2 is 1.62 bits per heavy atom. The number of nitrogens with zero attached hydrogens (tertiary/aromatic N) is 3. The number of carbonyl (C=O) groups excluding carboxylic acids is 3. The van der Waals surface area contributed by atoms with Crippen LogP contribution in [-0.4, -0.2) is 45.0 Å². The highest BCUT2D eigenvalue weighted by molar-refractivity contribution is 6.22. The first kappa shape index (κ1) is 18.6. The summed E-state index contributed by atoms with van der Waals surface area (Å²) in [5.74, 6) is -1.23.